The van der Waals surface area contributed by atoms with Crippen LogP contribution in [0.1, 0.15) is 43.5 Å². The van der Waals surface area contributed by atoms with Gasteiger partial charge in [0.15, 0.2) is 0 Å². The summed E-state index contributed by atoms with van der Waals surface area (Å²) in [4.78, 5) is 4.66. The van der Waals surface area contributed by atoms with Crippen LogP contribution in [-0.4, -0.2) is 9.55 Å². The Bertz CT molecular complexity index is 625. The van der Waals surface area contributed by atoms with Crippen LogP contribution in [0.2, 0.25) is 0 Å². The molecule has 1 aliphatic carbocycles. The van der Waals surface area contributed by atoms with E-state index in [-0.39, 0.29) is 0 Å². The molecule has 3 heteroatoms. The van der Waals surface area contributed by atoms with Crippen molar-refractivity contribution in [1.29, 1.82) is 0 Å². The zero-order chi connectivity index (χ0) is 14.8. The molecule has 0 saturated heterocycles. The molecule has 3 nitrogen and oxygen atoms in total. The molecule has 3 rings (SSSR count). The third-order valence-corrected chi connectivity index (χ3v) is 4.10. The van der Waals surface area contributed by atoms with Crippen LogP contribution in [0.25, 0.3) is 0 Å². The summed E-state index contributed by atoms with van der Waals surface area (Å²) in [6.45, 7) is 7.54. The molecular formula is C18H25N3. The van der Waals surface area contributed by atoms with E-state index in [4.69, 9.17) is 0 Å². The van der Waals surface area contributed by atoms with E-state index in [0.717, 1.165) is 18.2 Å². The molecule has 2 aromatic rings. The van der Waals surface area contributed by atoms with Gasteiger partial charge < -0.3 is 9.88 Å². The van der Waals surface area contributed by atoms with Crippen LogP contribution in [-0.2, 0) is 19.4 Å². The highest BCUT2D eigenvalue weighted by Crippen LogP contribution is 2.29. The minimum atomic E-state index is 0.615. The third kappa shape index (κ3) is 3.12. The summed E-state index contributed by atoms with van der Waals surface area (Å²) in [6.07, 6.45) is 7.15. The second kappa shape index (κ2) is 5.92. The molecule has 0 spiro atoms. The van der Waals surface area contributed by atoms with Crippen LogP contribution in [0.15, 0.2) is 24.4 Å². The zero-order valence-corrected chi connectivity index (χ0v) is 13.3. The number of nitrogens with zero attached hydrogens (tertiary/aromatic N) is 2. The van der Waals surface area contributed by atoms with Gasteiger partial charge >= 0.3 is 0 Å². The summed E-state index contributed by atoms with van der Waals surface area (Å²) in [5.41, 5.74) is 5.30. The maximum Gasteiger partial charge on any atom is 0.207 e. The van der Waals surface area contributed by atoms with Crippen molar-refractivity contribution < 1.29 is 0 Å². The summed E-state index contributed by atoms with van der Waals surface area (Å²) in [6, 6.07) is 6.62. The fourth-order valence-corrected chi connectivity index (χ4v) is 3.20. The van der Waals surface area contributed by atoms with Gasteiger partial charge in [-0.05, 0) is 55.7 Å². The Kier molecular flexibility index (Phi) is 4.00. The Morgan fingerprint density at radius 1 is 1.24 bits per heavy atom. The smallest absolute Gasteiger partial charge is 0.207 e. The molecule has 0 unspecified atom stereocenters. The Balaban J connectivity index is 1.90. The summed E-state index contributed by atoms with van der Waals surface area (Å²) < 4.78 is 2.24. The van der Waals surface area contributed by atoms with Gasteiger partial charge in [0.05, 0.1) is 5.69 Å². The predicted octanol–water partition coefficient (Wildman–Crippen LogP) is 4.47. The topological polar surface area (TPSA) is 29.9 Å². The van der Waals surface area contributed by atoms with Crippen LogP contribution < -0.4 is 5.32 Å². The summed E-state index contributed by atoms with van der Waals surface area (Å²) in [5.74, 6) is 1.59. The zero-order valence-electron chi connectivity index (χ0n) is 13.3. The fraction of sp³-hybridized carbons (Fsp3) is 0.500. The predicted molar refractivity (Wildman–Crippen MR) is 88.2 cm³/mol. The van der Waals surface area contributed by atoms with Crippen molar-refractivity contribution in [3.8, 4) is 0 Å². The van der Waals surface area contributed by atoms with Crippen LogP contribution in [0.5, 0.6) is 0 Å². The van der Waals surface area contributed by atoms with Gasteiger partial charge in [0, 0.05) is 18.4 Å². The van der Waals surface area contributed by atoms with Crippen molar-refractivity contribution in [2.75, 3.05) is 5.32 Å². The molecule has 0 aliphatic heterocycles. The average molecular weight is 283 g/mol. The van der Waals surface area contributed by atoms with Gasteiger partial charge in [-0.1, -0.05) is 26.0 Å². The van der Waals surface area contributed by atoms with Gasteiger partial charge in [0.1, 0.15) is 0 Å². The SMILES string of the molecule is Cc1cn(CC(C)C)c(Nc2cccc3c2CCCC3)n1. The molecule has 0 amide bonds. The van der Waals surface area contributed by atoms with Crippen molar-refractivity contribution in [3.05, 3.63) is 41.2 Å². The molecule has 0 bridgehead atoms. The Labute approximate surface area is 127 Å². The number of rotatable bonds is 4. The number of nitrogens with one attached hydrogen (secondary N) is 1. The lowest BCUT2D eigenvalue weighted by Gasteiger charge is -2.20. The fourth-order valence-electron chi connectivity index (χ4n) is 3.20. The molecule has 1 aromatic carbocycles. The van der Waals surface area contributed by atoms with Crippen molar-refractivity contribution >= 4 is 11.6 Å². The van der Waals surface area contributed by atoms with E-state index in [9.17, 15) is 0 Å². The molecule has 0 fully saturated rings. The minimum absolute atomic E-state index is 0.615. The molecule has 112 valence electrons. The van der Waals surface area contributed by atoms with Gasteiger partial charge in [0.25, 0.3) is 0 Å². The van der Waals surface area contributed by atoms with Crippen molar-refractivity contribution in [1.82, 2.24) is 9.55 Å². The highest BCUT2D eigenvalue weighted by atomic mass is 15.2. The van der Waals surface area contributed by atoms with Gasteiger partial charge in [-0.15, -0.1) is 0 Å². The maximum atomic E-state index is 4.66. The summed E-state index contributed by atoms with van der Waals surface area (Å²) in [7, 11) is 0. The number of hydrogen-bond donors (Lipinski definition) is 1. The van der Waals surface area contributed by atoms with Gasteiger partial charge in [-0.2, -0.15) is 0 Å². The van der Waals surface area contributed by atoms with E-state index in [0.29, 0.717) is 5.92 Å². The van der Waals surface area contributed by atoms with E-state index < -0.39 is 0 Å². The highest BCUT2D eigenvalue weighted by molar-refractivity contribution is 5.61. The first kappa shape index (κ1) is 14.2. The number of aromatic nitrogens is 2. The van der Waals surface area contributed by atoms with Crippen LogP contribution >= 0.6 is 0 Å². The molecule has 1 aliphatic rings. The lowest BCUT2D eigenvalue weighted by Crippen LogP contribution is -2.10. The van der Waals surface area contributed by atoms with E-state index >= 15 is 0 Å². The first-order chi connectivity index (χ1) is 10.1. The standard InChI is InChI=1S/C18H25N3/c1-13(2)11-21-12-14(3)19-18(21)20-17-10-6-8-15-7-4-5-9-16(15)17/h6,8,10,12-13H,4-5,7,9,11H2,1-3H3,(H,19,20). The normalized spacial score (nSPS) is 14.3. The van der Waals surface area contributed by atoms with Crippen molar-refractivity contribution in [2.24, 2.45) is 5.92 Å². The van der Waals surface area contributed by atoms with E-state index in [1.165, 1.54) is 42.5 Å². The minimum Gasteiger partial charge on any atom is -0.325 e. The molecule has 1 aromatic heterocycles. The first-order valence-corrected chi connectivity index (χ1v) is 8.05. The van der Waals surface area contributed by atoms with Crippen molar-refractivity contribution in [3.63, 3.8) is 0 Å². The van der Waals surface area contributed by atoms with Gasteiger partial charge in [-0.3, -0.25) is 0 Å². The van der Waals surface area contributed by atoms with E-state index in [2.05, 4.69) is 60.0 Å². The number of imidazole rings is 1. The van der Waals surface area contributed by atoms with Crippen molar-refractivity contribution in [2.45, 2.75) is 53.0 Å². The molecular weight excluding hydrogens is 258 g/mol. The lowest BCUT2D eigenvalue weighted by atomic mass is 9.90. The lowest BCUT2D eigenvalue weighted by molar-refractivity contribution is 0.527. The highest BCUT2D eigenvalue weighted by Gasteiger charge is 2.15. The van der Waals surface area contributed by atoms with Crippen LogP contribution in [0.3, 0.4) is 0 Å². The Hall–Kier alpha value is -1.77. The summed E-state index contributed by atoms with van der Waals surface area (Å²) in [5, 5.41) is 3.58. The van der Waals surface area contributed by atoms with Gasteiger partial charge in [0.2, 0.25) is 5.95 Å². The monoisotopic (exact) mass is 283 g/mol. The second-order valence-corrected chi connectivity index (χ2v) is 6.53. The number of fused-ring (bicyclic) bond motifs is 1. The largest absolute Gasteiger partial charge is 0.325 e. The number of anilines is 2. The quantitative estimate of drug-likeness (QED) is 0.897. The molecule has 0 saturated carbocycles. The first-order valence-electron chi connectivity index (χ1n) is 8.05. The summed E-state index contributed by atoms with van der Waals surface area (Å²) >= 11 is 0. The molecule has 1 N–H and O–H groups in total. The Morgan fingerprint density at radius 2 is 2.05 bits per heavy atom. The van der Waals surface area contributed by atoms with E-state index in [1.807, 2.05) is 0 Å². The molecule has 0 atom stereocenters. The van der Waals surface area contributed by atoms with Gasteiger partial charge in [-0.25, -0.2) is 4.98 Å². The number of benzene rings is 1. The molecule has 1 heterocycles. The number of aryl methyl sites for hydroxylation is 2. The maximum absolute atomic E-state index is 4.66. The second-order valence-electron chi connectivity index (χ2n) is 6.53. The molecule has 0 radical (unpaired) electrons. The number of hydrogen-bond acceptors (Lipinski definition) is 2. The Morgan fingerprint density at radius 3 is 2.86 bits per heavy atom. The van der Waals surface area contributed by atoms with E-state index in [1.54, 1.807) is 0 Å². The average Bonchev–Trinajstić information content (AvgIpc) is 2.78. The molecule has 21 heavy (non-hydrogen) atoms. The third-order valence-electron chi connectivity index (χ3n) is 4.10. The van der Waals surface area contributed by atoms with Crippen LogP contribution in [0.4, 0.5) is 11.6 Å². The van der Waals surface area contributed by atoms with Crippen LogP contribution in [0, 0.1) is 12.8 Å².